The number of halogens is 5. The van der Waals surface area contributed by atoms with Gasteiger partial charge in [0.25, 0.3) is 5.91 Å². The molecular formula is C14H8BrClF3NO. The molecule has 0 heterocycles. The summed E-state index contributed by atoms with van der Waals surface area (Å²) in [4.78, 5) is 12.1. The third-order valence-corrected chi connectivity index (χ3v) is 3.55. The van der Waals surface area contributed by atoms with Crippen molar-refractivity contribution in [3.05, 3.63) is 63.1 Å². The van der Waals surface area contributed by atoms with Gasteiger partial charge in [-0.3, -0.25) is 4.79 Å². The molecule has 0 saturated carbocycles. The molecule has 2 aromatic carbocycles. The molecule has 1 N–H and O–H groups in total. The quantitative estimate of drug-likeness (QED) is 0.747. The van der Waals surface area contributed by atoms with E-state index in [4.69, 9.17) is 11.6 Å². The van der Waals surface area contributed by atoms with Crippen molar-refractivity contribution in [1.82, 2.24) is 0 Å². The lowest BCUT2D eigenvalue weighted by molar-refractivity contribution is -0.136. The molecule has 0 spiro atoms. The minimum absolute atomic E-state index is 0.191. The third-order valence-electron chi connectivity index (χ3n) is 2.66. The predicted octanol–water partition coefficient (Wildman–Crippen LogP) is 5.37. The second-order valence-corrected chi connectivity index (χ2v) is 5.41. The number of carbonyl (C=O) groups excluding carboxylic acids is 1. The summed E-state index contributed by atoms with van der Waals surface area (Å²) in [6, 6.07) is 9.19. The van der Waals surface area contributed by atoms with Crippen LogP contribution in [0.5, 0.6) is 0 Å². The first kappa shape index (κ1) is 15.9. The molecule has 2 nitrogen and oxygen atoms in total. The van der Waals surface area contributed by atoms with E-state index in [2.05, 4.69) is 21.2 Å². The van der Waals surface area contributed by atoms with E-state index < -0.39 is 17.6 Å². The highest BCUT2D eigenvalue weighted by molar-refractivity contribution is 9.10. The molecule has 0 unspecified atom stereocenters. The molecule has 0 aromatic heterocycles. The first-order valence-electron chi connectivity index (χ1n) is 5.71. The summed E-state index contributed by atoms with van der Waals surface area (Å²) >= 11 is 8.91. The van der Waals surface area contributed by atoms with E-state index in [9.17, 15) is 18.0 Å². The first-order valence-corrected chi connectivity index (χ1v) is 6.89. The molecule has 0 saturated heterocycles. The highest BCUT2D eigenvalue weighted by Crippen LogP contribution is 2.35. The molecule has 2 rings (SSSR count). The zero-order chi connectivity index (χ0) is 15.6. The second kappa shape index (κ2) is 6.07. The summed E-state index contributed by atoms with van der Waals surface area (Å²) < 4.78 is 39.0. The lowest BCUT2D eigenvalue weighted by atomic mass is 10.1. The van der Waals surface area contributed by atoms with Crippen molar-refractivity contribution in [3.8, 4) is 0 Å². The Morgan fingerprint density at radius 2 is 1.81 bits per heavy atom. The van der Waals surface area contributed by atoms with Crippen LogP contribution in [0.25, 0.3) is 0 Å². The van der Waals surface area contributed by atoms with E-state index in [0.717, 1.165) is 6.07 Å². The average molecular weight is 379 g/mol. The van der Waals surface area contributed by atoms with Gasteiger partial charge in [-0.05, 0) is 46.3 Å². The lowest BCUT2D eigenvalue weighted by Gasteiger charge is -2.14. The van der Waals surface area contributed by atoms with Gasteiger partial charge in [-0.2, -0.15) is 13.2 Å². The molecule has 0 atom stereocenters. The fourth-order valence-electron chi connectivity index (χ4n) is 1.70. The largest absolute Gasteiger partial charge is 0.418 e. The number of hydrogen-bond donors (Lipinski definition) is 1. The third kappa shape index (κ3) is 3.77. The van der Waals surface area contributed by atoms with Gasteiger partial charge in [0.2, 0.25) is 0 Å². The number of anilines is 1. The molecule has 0 aliphatic carbocycles. The summed E-state index contributed by atoms with van der Waals surface area (Å²) in [6.07, 6.45) is -4.54. The zero-order valence-electron chi connectivity index (χ0n) is 10.3. The van der Waals surface area contributed by atoms with Crippen molar-refractivity contribution in [2.24, 2.45) is 0 Å². The summed E-state index contributed by atoms with van der Waals surface area (Å²) in [7, 11) is 0. The van der Waals surface area contributed by atoms with Crippen LogP contribution in [0.4, 0.5) is 18.9 Å². The van der Waals surface area contributed by atoms with Gasteiger partial charge in [0, 0.05) is 9.50 Å². The molecule has 1 amide bonds. The van der Waals surface area contributed by atoms with Crippen molar-refractivity contribution in [1.29, 1.82) is 0 Å². The van der Waals surface area contributed by atoms with Gasteiger partial charge in [0.05, 0.1) is 16.8 Å². The van der Waals surface area contributed by atoms with Crippen molar-refractivity contribution in [3.63, 3.8) is 0 Å². The number of para-hydroxylation sites is 1. The van der Waals surface area contributed by atoms with E-state index in [1.807, 2.05) is 0 Å². The average Bonchev–Trinajstić information content (AvgIpc) is 2.37. The second-order valence-electron chi connectivity index (χ2n) is 4.12. The Kier molecular flexibility index (Phi) is 4.58. The van der Waals surface area contributed by atoms with Gasteiger partial charge in [0.1, 0.15) is 0 Å². The van der Waals surface area contributed by atoms with Crippen LogP contribution in [0.15, 0.2) is 46.9 Å². The minimum Gasteiger partial charge on any atom is -0.321 e. The summed E-state index contributed by atoms with van der Waals surface area (Å²) in [5.41, 5.74) is -1.00. The van der Waals surface area contributed by atoms with Gasteiger partial charge in [0.15, 0.2) is 0 Å². The molecule has 21 heavy (non-hydrogen) atoms. The summed E-state index contributed by atoms with van der Waals surface area (Å²) in [5, 5.41) is 2.67. The summed E-state index contributed by atoms with van der Waals surface area (Å²) in [6.45, 7) is 0. The highest BCUT2D eigenvalue weighted by Gasteiger charge is 2.33. The normalized spacial score (nSPS) is 11.3. The minimum atomic E-state index is -4.54. The van der Waals surface area contributed by atoms with Crippen molar-refractivity contribution >= 4 is 39.1 Å². The molecule has 0 aliphatic rings. The van der Waals surface area contributed by atoms with Gasteiger partial charge < -0.3 is 5.32 Å². The fourth-order valence-corrected chi connectivity index (χ4v) is 2.57. The molecule has 0 bridgehead atoms. The molecule has 2 aromatic rings. The van der Waals surface area contributed by atoms with Gasteiger partial charge in [-0.15, -0.1) is 0 Å². The zero-order valence-corrected chi connectivity index (χ0v) is 12.7. The van der Waals surface area contributed by atoms with Crippen LogP contribution in [0, 0.1) is 0 Å². The highest BCUT2D eigenvalue weighted by atomic mass is 79.9. The van der Waals surface area contributed by atoms with Crippen LogP contribution >= 0.6 is 27.5 Å². The SMILES string of the molecule is O=C(Nc1ccccc1C(F)(F)F)c1ccc(Cl)cc1Br. The molecule has 0 fully saturated rings. The first-order chi connectivity index (χ1) is 9.79. The maximum Gasteiger partial charge on any atom is 0.418 e. The Hall–Kier alpha value is -1.53. The standard InChI is InChI=1S/C14H8BrClF3NO/c15-11-7-8(16)5-6-9(11)13(21)20-12-4-2-1-3-10(12)14(17,18)19/h1-7H,(H,20,21). The molecule has 7 heteroatoms. The Balaban J connectivity index is 2.32. The lowest BCUT2D eigenvalue weighted by Crippen LogP contribution is -2.17. The molecule has 0 radical (unpaired) electrons. The number of amides is 1. The van der Waals surface area contributed by atoms with Crippen molar-refractivity contribution in [2.75, 3.05) is 5.32 Å². The van der Waals surface area contributed by atoms with E-state index >= 15 is 0 Å². The number of benzene rings is 2. The number of nitrogens with one attached hydrogen (secondary N) is 1. The van der Waals surface area contributed by atoms with Gasteiger partial charge in [-0.1, -0.05) is 23.7 Å². The van der Waals surface area contributed by atoms with E-state index in [1.165, 1.54) is 36.4 Å². The molecular weight excluding hydrogens is 371 g/mol. The van der Waals surface area contributed by atoms with Crippen LogP contribution in [0.3, 0.4) is 0 Å². The number of rotatable bonds is 2. The smallest absolute Gasteiger partial charge is 0.321 e. The predicted molar refractivity (Wildman–Crippen MR) is 78.5 cm³/mol. The summed E-state index contributed by atoms with van der Waals surface area (Å²) in [5.74, 6) is -0.657. The Morgan fingerprint density at radius 3 is 2.43 bits per heavy atom. The van der Waals surface area contributed by atoms with E-state index in [-0.39, 0.29) is 11.3 Å². The van der Waals surface area contributed by atoms with Crippen LogP contribution < -0.4 is 5.32 Å². The van der Waals surface area contributed by atoms with Gasteiger partial charge in [-0.25, -0.2) is 0 Å². The maximum atomic E-state index is 12.9. The van der Waals surface area contributed by atoms with E-state index in [0.29, 0.717) is 9.50 Å². The van der Waals surface area contributed by atoms with Crippen LogP contribution in [0.2, 0.25) is 5.02 Å². The van der Waals surface area contributed by atoms with Crippen LogP contribution in [-0.2, 0) is 6.18 Å². The van der Waals surface area contributed by atoms with Gasteiger partial charge >= 0.3 is 6.18 Å². The van der Waals surface area contributed by atoms with Crippen LogP contribution in [0.1, 0.15) is 15.9 Å². The molecule has 0 aliphatic heterocycles. The Morgan fingerprint density at radius 1 is 1.14 bits per heavy atom. The number of hydrogen-bond acceptors (Lipinski definition) is 1. The fraction of sp³-hybridized carbons (Fsp3) is 0.0714. The van der Waals surface area contributed by atoms with Crippen molar-refractivity contribution < 1.29 is 18.0 Å². The Bertz CT molecular complexity index is 688. The van der Waals surface area contributed by atoms with Crippen molar-refractivity contribution in [2.45, 2.75) is 6.18 Å². The molecule has 110 valence electrons. The topological polar surface area (TPSA) is 29.1 Å². The Labute approximate surface area is 132 Å². The van der Waals surface area contributed by atoms with Crippen LogP contribution in [-0.4, -0.2) is 5.91 Å². The number of carbonyl (C=O) groups is 1. The monoisotopic (exact) mass is 377 g/mol. The van der Waals surface area contributed by atoms with E-state index in [1.54, 1.807) is 0 Å². The number of alkyl halides is 3. The maximum absolute atomic E-state index is 12.9.